The summed E-state index contributed by atoms with van der Waals surface area (Å²) in [5.41, 5.74) is 3.97. The van der Waals surface area contributed by atoms with Gasteiger partial charge in [0, 0.05) is 46.4 Å². The Labute approximate surface area is 235 Å². The minimum Gasteiger partial charge on any atom is -0.309 e. The number of aliphatic imine (C=N–C) groups is 1. The summed E-state index contributed by atoms with van der Waals surface area (Å²) in [6.07, 6.45) is 5.23. The van der Waals surface area contributed by atoms with Gasteiger partial charge in [0.05, 0.1) is 2.74 Å². The Hall–Kier alpha value is -2.98. The van der Waals surface area contributed by atoms with Crippen molar-refractivity contribution < 1.29 is 31.1 Å². The summed E-state index contributed by atoms with van der Waals surface area (Å²) in [7, 11) is 0. The SMILES string of the molecule is CC1=CN=C(c2[c-]cccc2)CC1.[2H]c1c(C([2H])([2H])[2H])cnc(-c2[c-]ccc3c2sc2nc(C([2H])([2H])[2H])ccc23)c1[2H].[Ir]. The summed E-state index contributed by atoms with van der Waals surface area (Å²) < 4.78 is 62.2. The Kier molecular flexibility index (Phi) is 5.31. The van der Waals surface area contributed by atoms with E-state index in [1.165, 1.54) is 23.0 Å². The first kappa shape index (κ1) is 16.6. The Morgan fingerprint density at radius 1 is 1.00 bits per heavy atom. The summed E-state index contributed by atoms with van der Waals surface area (Å²) in [5.74, 6) is 0. The molecule has 3 nitrogen and oxygen atoms in total. The molecule has 0 saturated heterocycles. The smallest absolute Gasteiger partial charge is 0.113 e. The molecule has 6 rings (SSSR count). The van der Waals surface area contributed by atoms with Crippen LogP contribution in [0, 0.1) is 25.8 Å². The van der Waals surface area contributed by atoms with E-state index in [2.05, 4.69) is 40.1 Å². The summed E-state index contributed by atoms with van der Waals surface area (Å²) in [6, 6.07) is 20.2. The molecule has 0 aliphatic carbocycles. The van der Waals surface area contributed by atoms with Gasteiger partial charge in [-0.25, -0.2) is 4.98 Å². The molecule has 0 unspecified atom stereocenters. The van der Waals surface area contributed by atoms with Crippen LogP contribution in [-0.2, 0) is 20.1 Å². The van der Waals surface area contributed by atoms with Crippen LogP contribution in [-0.4, -0.2) is 15.7 Å². The van der Waals surface area contributed by atoms with Gasteiger partial charge in [-0.2, -0.15) is 11.3 Å². The number of pyridine rings is 2. The zero-order chi connectivity index (χ0) is 30.2. The molecule has 1 aliphatic heterocycles. The second-order valence-electron chi connectivity index (χ2n) is 7.84. The standard InChI is InChI=1S/C18H13N2S.C12H12N.Ir/c1-11-6-9-16(19-10-11)15-5-3-4-13-14-8-7-12(2)20-18(14)21-17(13)15;1-10-7-8-12(13-9-10)11-5-3-2-4-6-11;/h3-4,6-10H,1-2H3;2-5,9H,7-8H2,1H3;/q2*-1;/i1D3,2D3,6D,9D;;. The molecule has 0 N–H and O–H groups in total. The van der Waals surface area contributed by atoms with Crippen molar-refractivity contribution in [3.05, 3.63) is 108 Å². The number of benzene rings is 2. The summed E-state index contributed by atoms with van der Waals surface area (Å²) in [5, 5.41) is 1.57. The molecule has 0 fully saturated rings. The zero-order valence-corrected chi connectivity index (χ0v) is 22.0. The summed E-state index contributed by atoms with van der Waals surface area (Å²) in [4.78, 5) is 13.4. The fraction of sp³-hybridized carbons (Fsp3) is 0.167. The second-order valence-corrected chi connectivity index (χ2v) is 8.84. The zero-order valence-electron chi connectivity index (χ0n) is 26.8. The van der Waals surface area contributed by atoms with Crippen molar-refractivity contribution in [3.8, 4) is 11.3 Å². The molecule has 2 aromatic carbocycles. The van der Waals surface area contributed by atoms with Gasteiger partial charge in [0.2, 0.25) is 0 Å². The number of fused-ring (bicyclic) bond motifs is 3. The van der Waals surface area contributed by atoms with Crippen LogP contribution in [0.15, 0.2) is 83.6 Å². The molecule has 0 saturated carbocycles. The molecule has 3 aromatic heterocycles. The van der Waals surface area contributed by atoms with E-state index < -0.39 is 19.7 Å². The predicted molar refractivity (Wildman–Crippen MR) is 143 cm³/mol. The molecule has 0 atom stereocenters. The van der Waals surface area contributed by atoms with E-state index in [9.17, 15) is 0 Å². The number of aromatic nitrogens is 2. The molecular formula is C30H25IrN3S-2. The Bertz CT molecular complexity index is 1840. The third-order valence-corrected chi connectivity index (χ3v) is 6.52. The average molecular weight is 660 g/mol. The van der Waals surface area contributed by atoms with E-state index in [0.717, 1.165) is 41.1 Å². The summed E-state index contributed by atoms with van der Waals surface area (Å²) in [6.45, 7) is -2.73. The normalized spacial score (nSPS) is 16.9. The van der Waals surface area contributed by atoms with Crippen LogP contribution in [0.25, 0.3) is 31.6 Å². The molecule has 177 valence electrons. The van der Waals surface area contributed by atoms with Crippen molar-refractivity contribution in [1.29, 1.82) is 0 Å². The first-order valence-electron chi connectivity index (χ1n) is 14.8. The van der Waals surface area contributed by atoms with Crippen LogP contribution in [0.3, 0.4) is 0 Å². The number of hydrogen-bond acceptors (Lipinski definition) is 4. The maximum Gasteiger partial charge on any atom is 0.113 e. The number of nitrogens with zero attached hydrogens (tertiary/aromatic N) is 3. The second kappa shape index (κ2) is 11.2. The van der Waals surface area contributed by atoms with Gasteiger partial charge in [0.1, 0.15) is 4.83 Å². The third-order valence-electron chi connectivity index (χ3n) is 5.39. The van der Waals surface area contributed by atoms with Crippen LogP contribution < -0.4 is 0 Å². The number of allylic oxidation sites excluding steroid dienone is 1. The van der Waals surface area contributed by atoms with Crippen LogP contribution >= 0.6 is 11.3 Å². The first-order chi connectivity index (χ1) is 19.8. The van der Waals surface area contributed by atoms with E-state index >= 15 is 0 Å². The minimum absolute atomic E-state index is 0. The van der Waals surface area contributed by atoms with Crippen molar-refractivity contribution in [2.24, 2.45) is 4.99 Å². The maximum atomic E-state index is 8.27. The molecule has 5 heteroatoms. The number of aryl methyl sites for hydroxylation is 2. The number of thiophene rings is 1. The Morgan fingerprint density at radius 2 is 1.94 bits per heavy atom. The molecule has 35 heavy (non-hydrogen) atoms. The van der Waals surface area contributed by atoms with Crippen molar-refractivity contribution >= 4 is 37.4 Å². The fourth-order valence-electron chi connectivity index (χ4n) is 3.66. The largest absolute Gasteiger partial charge is 0.309 e. The van der Waals surface area contributed by atoms with Gasteiger partial charge < -0.3 is 9.98 Å². The minimum atomic E-state index is -2.53. The quantitative estimate of drug-likeness (QED) is 0.181. The van der Waals surface area contributed by atoms with Crippen molar-refractivity contribution in [2.75, 3.05) is 0 Å². The summed E-state index contributed by atoms with van der Waals surface area (Å²) >= 11 is 1.25. The van der Waals surface area contributed by atoms with E-state index in [1.54, 1.807) is 12.1 Å². The van der Waals surface area contributed by atoms with Crippen LogP contribution in [0.2, 0.25) is 0 Å². The van der Waals surface area contributed by atoms with E-state index in [1.807, 2.05) is 30.5 Å². The topological polar surface area (TPSA) is 38.1 Å². The van der Waals surface area contributed by atoms with Crippen molar-refractivity contribution in [1.82, 2.24) is 9.97 Å². The molecule has 4 heterocycles. The van der Waals surface area contributed by atoms with Gasteiger partial charge in [-0.3, -0.25) is 0 Å². The molecule has 1 aliphatic rings. The third kappa shape index (κ3) is 5.65. The number of rotatable bonds is 2. The van der Waals surface area contributed by atoms with E-state index in [0.29, 0.717) is 15.1 Å². The van der Waals surface area contributed by atoms with Crippen LogP contribution in [0.4, 0.5) is 0 Å². The van der Waals surface area contributed by atoms with Gasteiger partial charge in [0.25, 0.3) is 0 Å². The van der Waals surface area contributed by atoms with Gasteiger partial charge in [-0.15, -0.1) is 59.7 Å². The molecule has 5 aromatic rings. The van der Waals surface area contributed by atoms with Crippen LogP contribution in [0.5, 0.6) is 0 Å². The molecule has 0 amide bonds. The maximum absolute atomic E-state index is 8.27. The first-order valence-corrected chi connectivity index (χ1v) is 11.6. The van der Waals surface area contributed by atoms with Gasteiger partial charge in [-0.1, -0.05) is 29.1 Å². The van der Waals surface area contributed by atoms with E-state index in [4.69, 9.17) is 11.0 Å². The van der Waals surface area contributed by atoms with Crippen LogP contribution in [0.1, 0.15) is 47.6 Å². The van der Waals surface area contributed by atoms with Gasteiger partial charge >= 0.3 is 0 Å². The Balaban J connectivity index is 0.000000253. The fourth-order valence-corrected chi connectivity index (χ4v) is 4.83. The van der Waals surface area contributed by atoms with Gasteiger partial charge in [0.15, 0.2) is 0 Å². The van der Waals surface area contributed by atoms with Crippen molar-refractivity contribution in [3.63, 3.8) is 0 Å². The monoisotopic (exact) mass is 660 g/mol. The predicted octanol–water partition coefficient (Wildman–Crippen LogP) is 7.90. The van der Waals surface area contributed by atoms with E-state index in [-0.39, 0.29) is 43.1 Å². The average Bonchev–Trinajstić information content (AvgIpc) is 3.33. The van der Waals surface area contributed by atoms with Gasteiger partial charge in [-0.05, 0) is 66.6 Å². The molecular weight excluding hydrogens is 627 g/mol. The number of hydrogen-bond donors (Lipinski definition) is 0. The van der Waals surface area contributed by atoms with Crippen molar-refractivity contribution in [2.45, 2.75) is 33.5 Å². The Morgan fingerprint density at radius 3 is 2.71 bits per heavy atom. The molecule has 0 bridgehead atoms. The molecule has 0 spiro atoms. The molecule has 1 radical (unpaired) electrons.